The highest BCUT2D eigenvalue weighted by Crippen LogP contribution is 2.24. The highest BCUT2D eigenvalue weighted by atomic mass is 32.2. The van der Waals surface area contributed by atoms with Gasteiger partial charge in [-0.05, 0) is 48.4 Å². The predicted molar refractivity (Wildman–Crippen MR) is 85.9 cm³/mol. The number of rotatable bonds is 6. The van der Waals surface area contributed by atoms with Crippen LogP contribution in [0.4, 0.5) is 10.1 Å². The molecule has 0 aliphatic heterocycles. The normalized spacial score (nSPS) is 11.2. The number of sulfonamides is 1. The Balaban J connectivity index is 2.48. The molecular weight excluding hydrogens is 319 g/mol. The highest BCUT2D eigenvalue weighted by molar-refractivity contribution is 7.92. The van der Waals surface area contributed by atoms with Crippen LogP contribution in [0.2, 0.25) is 0 Å². The molecule has 2 N–H and O–H groups in total. The maximum absolute atomic E-state index is 13.0. The molecule has 0 heterocycles. The van der Waals surface area contributed by atoms with E-state index in [0.29, 0.717) is 5.69 Å². The first-order valence-corrected chi connectivity index (χ1v) is 8.44. The molecular formula is C16H17FN2O3S. The van der Waals surface area contributed by atoms with Crippen LogP contribution in [0.25, 0.3) is 0 Å². The minimum absolute atomic E-state index is 0.111. The highest BCUT2D eigenvalue weighted by Gasteiger charge is 2.26. The summed E-state index contributed by atoms with van der Waals surface area (Å²) in [5.74, 6) is -1.33. The van der Waals surface area contributed by atoms with Crippen molar-refractivity contribution < 1.29 is 17.6 Å². The van der Waals surface area contributed by atoms with E-state index in [9.17, 15) is 17.6 Å². The van der Waals surface area contributed by atoms with Crippen molar-refractivity contribution in [3.8, 4) is 0 Å². The second-order valence-electron chi connectivity index (χ2n) is 4.95. The summed E-state index contributed by atoms with van der Waals surface area (Å²) < 4.78 is 39.4. The number of amides is 1. The second kappa shape index (κ2) is 6.78. The molecule has 0 unspecified atom stereocenters. The van der Waals surface area contributed by atoms with Gasteiger partial charge in [-0.15, -0.1) is 0 Å². The number of aryl methyl sites for hydroxylation is 1. The van der Waals surface area contributed by atoms with Crippen LogP contribution >= 0.6 is 0 Å². The van der Waals surface area contributed by atoms with E-state index < -0.39 is 28.3 Å². The molecule has 5 nitrogen and oxygen atoms in total. The van der Waals surface area contributed by atoms with Gasteiger partial charge in [0.25, 0.3) is 10.0 Å². The van der Waals surface area contributed by atoms with Gasteiger partial charge in [0.05, 0.1) is 10.6 Å². The van der Waals surface area contributed by atoms with E-state index in [1.54, 1.807) is 24.3 Å². The lowest BCUT2D eigenvalue weighted by Crippen LogP contribution is -2.38. The Morgan fingerprint density at radius 1 is 1.09 bits per heavy atom. The van der Waals surface area contributed by atoms with Gasteiger partial charge in [-0.2, -0.15) is 0 Å². The summed E-state index contributed by atoms with van der Waals surface area (Å²) in [6.07, 6.45) is 0.806. The first kappa shape index (κ1) is 17.0. The summed E-state index contributed by atoms with van der Waals surface area (Å²) in [6, 6.07) is 11.2. The summed E-state index contributed by atoms with van der Waals surface area (Å²) in [5.41, 5.74) is 6.54. The van der Waals surface area contributed by atoms with Crippen LogP contribution in [0.15, 0.2) is 53.4 Å². The van der Waals surface area contributed by atoms with Crippen LogP contribution in [0.3, 0.4) is 0 Å². The minimum atomic E-state index is -4.02. The van der Waals surface area contributed by atoms with Crippen molar-refractivity contribution >= 4 is 21.6 Å². The average Bonchev–Trinajstić information content (AvgIpc) is 2.53. The zero-order valence-electron chi connectivity index (χ0n) is 12.6. The number of carbonyl (C=O) groups excluding carboxylic acids is 1. The van der Waals surface area contributed by atoms with E-state index in [2.05, 4.69) is 0 Å². The molecule has 2 aromatic carbocycles. The molecule has 0 saturated carbocycles. The third-order valence-electron chi connectivity index (χ3n) is 3.33. The van der Waals surface area contributed by atoms with E-state index in [1.807, 2.05) is 6.92 Å². The van der Waals surface area contributed by atoms with E-state index in [-0.39, 0.29) is 4.90 Å². The van der Waals surface area contributed by atoms with Crippen LogP contribution in [0.1, 0.15) is 12.5 Å². The van der Waals surface area contributed by atoms with E-state index in [0.717, 1.165) is 40.6 Å². The van der Waals surface area contributed by atoms with Crippen molar-refractivity contribution in [2.75, 3.05) is 10.8 Å². The molecule has 2 aromatic rings. The number of nitrogens with zero attached hydrogens (tertiary/aromatic N) is 1. The SMILES string of the molecule is CCc1ccc(N(CC(N)=O)S(=O)(=O)c2ccc(F)cc2)cc1. The number of nitrogens with two attached hydrogens (primary N) is 1. The predicted octanol–water partition coefficient (Wildman–Crippen LogP) is 2.07. The first-order valence-electron chi connectivity index (χ1n) is 7.00. The van der Waals surface area contributed by atoms with Crippen molar-refractivity contribution in [2.45, 2.75) is 18.2 Å². The van der Waals surface area contributed by atoms with Crippen LogP contribution in [0, 0.1) is 5.82 Å². The molecule has 0 aromatic heterocycles. The Hall–Kier alpha value is -2.41. The summed E-state index contributed by atoms with van der Waals surface area (Å²) in [7, 11) is -4.02. The molecule has 0 spiro atoms. The fourth-order valence-corrected chi connectivity index (χ4v) is 3.52. The van der Waals surface area contributed by atoms with Crippen molar-refractivity contribution in [3.05, 3.63) is 59.9 Å². The molecule has 0 aliphatic carbocycles. The van der Waals surface area contributed by atoms with Crippen LogP contribution in [-0.4, -0.2) is 20.9 Å². The number of hydrogen-bond donors (Lipinski definition) is 1. The number of halogens is 1. The number of benzene rings is 2. The van der Waals surface area contributed by atoms with Gasteiger partial charge in [-0.25, -0.2) is 12.8 Å². The van der Waals surface area contributed by atoms with Crippen LogP contribution in [-0.2, 0) is 21.2 Å². The molecule has 1 amide bonds. The number of anilines is 1. The van der Waals surface area contributed by atoms with Gasteiger partial charge in [-0.3, -0.25) is 9.10 Å². The summed E-state index contributed by atoms with van der Waals surface area (Å²) in [6.45, 7) is 1.48. The third kappa shape index (κ3) is 3.87. The van der Waals surface area contributed by atoms with E-state index in [4.69, 9.17) is 5.73 Å². The van der Waals surface area contributed by atoms with Gasteiger partial charge in [-0.1, -0.05) is 19.1 Å². The minimum Gasteiger partial charge on any atom is -0.368 e. The summed E-state index contributed by atoms with van der Waals surface area (Å²) in [4.78, 5) is 11.2. The third-order valence-corrected chi connectivity index (χ3v) is 5.12. The van der Waals surface area contributed by atoms with Crippen molar-refractivity contribution in [1.29, 1.82) is 0 Å². The molecule has 23 heavy (non-hydrogen) atoms. The van der Waals surface area contributed by atoms with Crippen LogP contribution < -0.4 is 10.0 Å². The zero-order valence-corrected chi connectivity index (χ0v) is 13.4. The van der Waals surface area contributed by atoms with Gasteiger partial charge in [0, 0.05) is 0 Å². The lowest BCUT2D eigenvalue weighted by atomic mass is 10.1. The maximum Gasteiger partial charge on any atom is 0.264 e. The smallest absolute Gasteiger partial charge is 0.264 e. The molecule has 0 atom stereocenters. The maximum atomic E-state index is 13.0. The fourth-order valence-electron chi connectivity index (χ4n) is 2.09. The largest absolute Gasteiger partial charge is 0.368 e. The average molecular weight is 336 g/mol. The quantitative estimate of drug-likeness (QED) is 0.877. The first-order chi connectivity index (χ1) is 10.8. The van der Waals surface area contributed by atoms with E-state index in [1.165, 1.54) is 0 Å². The Kier molecular flexibility index (Phi) is 5.00. The van der Waals surface area contributed by atoms with Gasteiger partial charge < -0.3 is 5.73 Å². The molecule has 0 radical (unpaired) electrons. The van der Waals surface area contributed by atoms with E-state index >= 15 is 0 Å². The Morgan fingerprint density at radius 3 is 2.13 bits per heavy atom. The Bertz CT molecular complexity index is 787. The van der Waals surface area contributed by atoms with Gasteiger partial charge >= 0.3 is 0 Å². The van der Waals surface area contributed by atoms with Gasteiger partial charge in [0.2, 0.25) is 5.91 Å². The van der Waals surface area contributed by atoms with Crippen molar-refractivity contribution in [2.24, 2.45) is 5.73 Å². The molecule has 2 rings (SSSR count). The molecule has 0 saturated heterocycles. The molecule has 0 fully saturated rings. The van der Waals surface area contributed by atoms with Gasteiger partial charge in [0.15, 0.2) is 0 Å². The Morgan fingerprint density at radius 2 is 1.65 bits per heavy atom. The molecule has 0 aliphatic rings. The molecule has 7 heteroatoms. The zero-order chi connectivity index (χ0) is 17.0. The fraction of sp³-hybridized carbons (Fsp3) is 0.188. The number of primary amides is 1. The van der Waals surface area contributed by atoms with Crippen molar-refractivity contribution in [1.82, 2.24) is 0 Å². The number of carbonyl (C=O) groups is 1. The lowest BCUT2D eigenvalue weighted by Gasteiger charge is -2.23. The molecule has 0 bridgehead atoms. The summed E-state index contributed by atoms with van der Waals surface area (Å²) in [5, 5.41) is 0. The Labute approximate surface area is 134 Å². The monoisotopic (exact) mass is 336 g/mol. The lowest BCUT2D eigenvalue weighted by molar-refractivity contribution is -0.116. The topological polar surface area (TPSA) is 80.5 Å². The van der Waals surface area contributed by atoms with Crippen molar-refractivity contribution in [3.63, 3.8) is 0 Å². The molecule has 122 valence electrons. The van der Waals surface area contributed by atoms with Crippen LogP contribution in [0.5, 0.6) is 0 Å². The van der Waals surface area contributed by atoms with Gasteiger partial charge in [0.1, 0.15) is 12.4 Å². The standard InChI is InChI=1S/C16H17FN2O3S/c1-2-12-3-7-14(8-4-12)19(11-16(18)20)23(21,22)15-9-5-13(17)6-10-15/h3-10H,2,11H2,1H3,(H2,18,20). The summed E-state index contributed by atoms with van der Waals surface area (Å²) >= 11 is 0. The number of hydrogen-bond acceptors (Lipinski definition) is 3. The second-order valence-corrected chi connectivity index (χ2v) is 6.81.